The molecule has 0 spiro atoms. The van der Waals surface area contributed by atoms with Gasteiger partial charge in [-0.15, -0.1) is 0 Å². The van der Waals surface area contributed by atoms with E-state index >= 15 is 0 Å². The second kappa shape index (κ2) is 8.30. The minimum absolute atomic E-state index is 0.0441. The van der Waals surface area contributed by atoms with E-state index in [1.165, 1.54) is 24.3 Å². The zero-order valence-electron chi connectivity index (χ0n) is 17.2. The van der Waals surface area contributed by atoms with Crippen LogP contribution in [0.4, 0.5) is 10.1 Å². The fourth-order valence-electron chi connectivity index (χ4n) is 3.99. The van der Waals surface area contributed by atoms with Crippen molar-refractivity contribution in [3.8, 4) is 5.75 Å². The van der Waals surface area contributed by atoms with Gasteiger partial charge in [-0.1, -0.05) is 12.1 Å². The molecule has 2 aromatic rings. The zero-order valence-corrected chi connectivity index (χ0v) is 17.2. The Morgan fingerprint density at radius 3 is 2.10 bits per heavy atom. The molecule has 0 radical (unpaired) electrons. The molecule has 6 heteroatoms. The van der Waals surface area contributed by atoms with Crippen LogP contribution in [0, 0.1) is 5.82 Å². The number of hydrogen-bond acceptors (Lipinski definition) is 4. The summed E-state index contributed by atoms with van der Waals surface area (Å²) in [5.41, 5.74) is 1.87. The van der Waals surface area contributed by atoms with Gasteiger partial charge in [-0.3, -0.25) is 9.59 Å². The Bertz CT molecular complexity index is 975. The Balaban J connectivity index is 1.76. The minimum atomic E-state index is -0.414. The van der Waals surface area contributed by atoms with Crippen molar-refractivity contribution in [2.24, 2.45) is 0 Å². The van der Waals surface area contributed by atoms with Gasteiger partial charge in [-0.05, 0) is 75.1 Å². The van der Waals surface area contributed by atoms with Gasteiger partial charge in [0.1, 0.15) is 17.3 Å². The van der Waals surface area contributed by atoms with Crippen LogP contribution in [-0.2, 0) is 9.59 Å². The molecule has 0 N–H and O–H groups in total. The molecule has 156 valence electrons. The number of carbonyl (C=O) groups excluding carboxylic acids is 2. The van der Waals surface area contributed by atoms with E-state index in [0.717, 1.165) is 37.3 Å². The highest BCUT2D eigenvalue weighted by Crippen LogP contribution is 2.36. The lowest BCUT2D eigenvalue weighted by molar-refractivity contribution is -0.120. The highest BCUT2D eigenvalue weighted by atomic mass is 19.1. The number of rotatable bonds is 5. The molecule has 0 saturated carbocycles. The average molecular weight is 408 g/mol. The van der Waals surface area contributed by atoms with Gasteiger partial charge in [0.15, 0.2) is 0 Å². The number of carbonyl (C=O) groups is 2. The van der Waals surface area contributed by atoms with Crippen LogP contribution in [0.3, 0.4) is 0 Å². The lowest BCUT2D eigenvalue weighted by Crippen LogP contribution is -2.37. The van der Waals surface area contributed by atoms with Crippen molar-refractivity contribution in [1.82, 2.24) is 4.90 Å². The third-order valence-electron chi connectivity index (χ3n) is 5.33. The standard InChI is InChI=1S/C24H25FN2O3/c1-16(2)30-20-12-6-17(7-13-20)21-22(26-14-4-3-5-15-26)24(29)27(23(21)28)19-10-8-18(25)9-11-19/h6-13,16H,3-5,14-15H2,1-2H3. The van der Waals surface area contributed by atoms with Crippen molar-refractivity contribution < 1.29 is 18.7 Å². The molecule has 1 fully saturated rings. The number of halogens is 1. The highest BCUT2D eigenvalue weighted by molar-refractivity contribution is 6.45. The number of likely N-dealkylation sites (tertiary alicyclic amines) is 1. The summed E-state index contributed by atoms with van der Waals surface area (Å²) in [6.07, 6.45) is 3.12. The summed E-state index contributed by atoms with van der Waals surface area (Å²) < 4.78 is 19.1. The summed E-state index contributed by atoms with van der Waals surface area (Å²) in [7, 11) is 0. The van der Waals surface area contributed by atoms with E-state index in [9.17, 15) is 14.0 Å². The maximum Gasteiger partial charge on any atom is 0.282 e. The second-order valence-electron chi connectivity index (χ2n) is 7.88. The van der Waals surface area contributed by atoms with Crippen molar-refractivity contribution in [2.45, 2.75) is 39.2 Å². The van der Waals surface area contributed by atoms with Crippen LogP contribution in [0.1, 0.15) is 38.7 Å². The van der Waals surface area contributed by atoms with E-state index in [1.807, 2.05) is 43.0 Å². The molecular weight excluding hydrogens is 383 g/mol. The van der Waals surface area contributed by atoms with Gasteiger partial charge in [0, 0.05) is 13.1 Å². The van der Waals surface area contributed by atoms with E-state index in [-0.39, 0.29) is 17.9 Å². The first-order valence-corrected chi connectivity index (χ1v) is 10.4. The number of nitrogens with zero attached hydrogens (tertiary/aromatic N) is 2. The first-order chi connectivity index (χ1) is 14.5. The number of ether oxygens (including phenoxy) is 1. The maximum absolute atomic E-state index is 13.4. The predicted octanol–water partition coefficient (Wildman–Crippen LogP) is 4.38. The molecule has 2 heterocycles. The monoisotopic (exact) mass is 408 g/mol. The normalized spacial score (nSPS) is 17.3. The van der Waals surface area contributed by atoms with Crippen LogP contribution in [0.15, 0.2) is 54.2 Å². The maximum atomic E-state index is 13.4. The van der Waals surface area contributed by atoms with Crippen molar-refractivity contribution in [2.75, 3.05) is 18.0 Å². The fourth-order valence-corrected chi connectivity index (χ4v) is 3.99. The number of piperidine rings is 1. The van der Waals surface area contributed by atoms with Crippen LogP contribution < -0.4 is 9.64 Å². The number of benzene rings is 2. The molecule has 2 aliphatic rings. The Morgan fingerprint density at radius 2 is 1.50 bits per heavy atom. The molecule has 2 aromatic carbocycles. The molecule has 5 nitrogen and oxygen atoms in total. The molecule has 2 amide bonds. The Labute approximate surface area is 175 Å². The number of hydrogen-bond donors (Lipinski definition) is 0. The van der Waals surface area contributed by atoms with Crippen LogP contribution in [0.5, 0.6) is 5.75 Å². The van der Waals surface area contributed by atoms with E-state index < -0.39 is 5.82 Å². The lowest BCUT2D eigenvalue weighted by Gasteiger charge is -2.29. The van der Waals surface area contributed by atoms with Gasteiger partial charge >= 0.3 is 0 Å². The zero-order chi connectivity index (χ0) is 21.3. The Hall–Kier alpha value is -3.15. The minimum Gasteiger partial charge on any atom is -0.491 e. The van der Waals surface area contributed by atoms with Crippen molar-refractivity contribution >= 4 is 23.1 Å². The SMILES string of the molecule is CC(C)Oc1ccc(C2=C(N3CCCCC3)C(=O)N(c3ccc(F)cc3)C2=O)cc1. The summed E-state index contributed by atoms with van der Waals surface area (Å²) in [6, 6.07) is 12.7. The fraction of sp³-hybridized carbons (Fsp3) is 0.333. The third-order valence-corrected chi connectivity index (χ3v) is 5.33. The van der Waals surface area contributed by atoms with Gasteiger partial charge in [-0.2, -0.15) is 0 Å². The first kappa shape index (κ1) is 20.1. The van der Waals surface area contributed by atoms with E-state index in [1.54, 1.807) is 0 Å². The van der Waals surface area contributed by atoms with E-state index in [0.29, 0.717) is 28.3 Å². The summed E-state index contributed by atoms with van der Waals surface area (Å²) in [6.45, 7) is 5.38. The van der Waals surface area contributed by atoms with Crippen molar-refractivity contribution in [3.63, 3.8) is 0 Å². The Kier molecular flexibility index (Phi) is 5.57. The molecule has 30 heavy (non-hydrogen) atoms. The molecule has 0 bridgehead atoms. The van der Waals surface area contributed by atoms with Crippen LogP contribution in [-0.4, -0.2) is 35.9 Å². The van der Waals surface area contributed by atoms with Crippen molar-refractivity contribution in [1.29, 1.82) is 0 Å². The molecular formula is C24H25FN2O3. The molecule has 0 unspecified atom stereocenters. The largest absolute Gasteiger partial charge is 0.491 e. The van der Waals surface area contributed by atoms with Gasteiger partial charge < -0.3 is 9.64 Å². The van der Waals surface area contributed by atoms with Crippen molar-refractivity contribution in [3.05, 3.63) is 65.6 Å². The molecule has 2 aliphatic heterocycles. The summed E-state index contributed by atoms with van der Waals surface area (Å²) >= 11 is 0. The number of amides is 2. The smallest absolute Gasteiger partial charge is 0.282 e. The summed E-state index contributed by atoms with van der Waals surface area (Å²) in [4.78, 5) is 30.0. The highest BCUT2D eigenvalue weighted by Gasteiger charge is 2.42. The van der Waals surface area contributed by atoms with Crippen LogP contribution in [0.2, 0.25) is 0 Å². The number of anilines is 1. The molecule has 0 aromatic heterocycles. The van der Waals surface area contributed by atoms with Gasteiger partial charge in [0.2, 0.25) is 0 Å². The van der Waals surface area contributed by atoms with Gasteiger partial charge in [0.05, 0.1) is 17.4 Å². The quantitative estimate of drug-likeness (QED) is 0.689. The van der Waals surface area contributed by atoms with E-state index in [2.05, 4.69) is 0 Å². The molecule has 0 atom stereocenters. The van der Waals surface area contributed by atoms with Gasteiger partial charge in [-0.25, -0.2) is 9.29 Å². The molecule has 0 aliphatic carbocycles. The lowest BCUT2D eigenvalue weighted by atomic mass is 10.0. The predicted molar refractivity (Wildman–Crippen MR) is 113 cm³/mol. The summed E-state index contributed by atoms with van der Waals surface area (Å²) in [5, 5.41) is 0. The topological polar surface area (TPSA) is 49.9 Å². The first-order valence-electron chi connectivity index (χ1n) is 10.4. The third kappa shape index (κ3) is 3.82. The van der Waals surface area contributed by atoms with E-state index in [4.69, 9.17) is 4.74 Å². The average Bonchev–Trinajstić information content (AvgIpc) is 3.00. The molecule has 4 rings (SSSR count). The second-order valence-corrected chi connectivity index (χ2v) is 7.88. The summed E-state index contributed by atoms with van der Waals surface area (Å²) in [5.74, 6) is -0.445. The van der Waals surface area contributed by atoms with Crippen LogP contribution in [0.25, 0.3) is 5.57 Å². The number of imide groups is 1. The Morgan fingerprint density at radius 1 is 0.867 bits per heavy atom. The molecule has 1 saturated heterocycles. The van der Waals surface area contributed by atoms with Gasteiger partial charge in [0.25, 0.3) is 11.8 Å². The van der Waals surface area contributed by atoms with Crippen LogP contribution >= 0.6 is 0 Å².